The van der Waals surface area contributed by atoms with Gasteiger partial charge in [-0.05, 0) is 68.7 Å². The Hall–Kier alpha value is -6.58. The lowest BCUT2D eigenvalue weighted by molar-refractivity contribution is -0.144. The number of amides is 9. The minimum atomic E-state index is -1.78. The van der Waals surface area contributed by atoms with Crippen LogP contribution in [0.15, 0.2) is 24.3 Å². The van der Waals surface area contributed by atoms with Gasteiger partial charge in [-0.15, -0.1) is 0 Å². The van der Waals surface area contributed by atoms with Gasteiger partial charge in [0.1, 0.15) is 48.0 Å². The number of carboxylic acid groups (broad SMARTS) is 2. The second-order valence-corrected chi connectivity index (χ2v) is 16.6. The highest BCUT2D eigenvalue weighted by molar-refractivity contribution is 7.98. The van der Waals surface area contributed by atoms with Gasteiger partial charge in [-0.3, -0.25) is 47.9 Å². The highest BCUT2D eigenvalue weighted by Gasteiger charge is 2.35. The number of aliphatic carboxylic acids is 2. The lowest BCUT2D eigenvalue weighted by Crippen LogP contribution is -2.61. The molecule has 26 nitrogen and oxygen atoms in total. The van der Waals surface area contributed by atoms with Gasteiger partial charge in [0.05, 0.1) is 31.7 Å². The van der Waals surface area contributed by atoms with Crippen molar-refractivity contribution in [1.82, 2.24) is 42.5 Å². The molecule has 9 amide bonds. The number of benzene rings is 1. The summed E-state index contributed by atoms with van der Waals surface area (Å²) in [6, 6.07) is -6.30. The number of aliphatic hydroxyl groups is 2. The van der Waals surface area contributed by atoms with Gasteiger partial charge in [0.15, 0.2) is 0 Å². The lowest BCUT2D eigenvalue weighted by atomic mass is 10.0. The van der Waals surface area contributed by atoms with E-state index in [0.29, 0.717) is 5.56 Å². The van der Waals surface area contributed by atoms with Gasteiger partial charge in [0.25, 0.3) is 0 Å². The first-order chi connectivity index (χ1) is 31.3. The van der Waals surface area contributed by atoms with Gasteiger partial charge >= 0.3 is 11.9 Å². The first-order valence-electron chi connectivity index (χ1n) is 20.7. The lowest BCUT2D eigenvalue weighted by Gasteiger charge is -2.27. The molecule has 0 spiro atoms. The maximum atomic E-state index is 13.5. The summed E-state index contributed by atoms with van der Waals surface area (Å²) in [7, 11) is 0. The van der Waals surface area contributed by atoms with Gasteiger partial charge in [-0.25, -0.2) is 4.79 Å². The maximum Gasteiger partial charge on any atom is 0.326 e. The molecule has 27 heteroatoms. The number of nitrogens with two attached hydrogens (primary N) is 2. The van der Waals surface area contributed by atoms with Gasteiger partial charge in [0.2, 0.25) is 53.2 Å². The normalized spacial score (nSPS) is 15.0. The molecular weight excluding hydrogens is 909 g/mol. The van der Waals surface area contributed by atoms with Crippen molar-refractivity contribution in [2.75, 3.05) is 25.2 Å². The average molecular weight is 971 g/mol. The van der Waals surface area contributed by atoms with Crippen molar-refractivity contribution in [1.29, 1.82) is 0 Å². The second-order valence-electron chi connectivity index (χ2n) is 15.6. The van der Waals surface area contributed by atoms with Crippen LogP contribution in [0.25, 0.3) is 0 Å². The van der Waals surface area contributed by atoms with Crippen molar-refractivity contribution >= 4 is 76.9 Å². The van der Waals surface area contributed by atoms with E-state index in [9.17, 15) is 78.3 Å². The zero-order valence-electron chi connectivity index (χ0n) is 37.5. The van der Waals surface area contributed by atoms with Crippen molar-refractivity contribution < 1.29 is 78.3 Å². The van der Waals surface area contributed by atoms with Gasteiger partial charge in [-0.1, -0.05) is 26.0 Å². The van der Waals surface area contributed by atoms with Crippen LogP contribution in [0, 0.1) is 5.92 Å². The number of primary amides is 1. The molecule has 0 aliphatic rings. The summed E-state index contributed by atoms with van der Waals surface area (Å²) in [5.41, 5.74) is 11.7. The molecule has 0 saturated carbocycles. The average Bonchev–Trinajstić information content (AvgIpc) is 3.25. The van der Waals surface area contributed by atoms with Crippen LogP contribution in [0.2, 0.25) is 0 Å². The Morgan fingerprint density at radius 2 is 1.19 bits per heavy atom. The number of hydrogen-bond donors (Lipinski definition) is 15. The quantitative estimate of drug-likeness (QED) is 0.0342. The predicted molar refractivity (Wildman–Crippen MR) is 237 cm³/mol. The monoisotopic (exact) mass is 970 g/mol. The van der Waals surface area contributed by atoms with Crippen molar-refractivity contribution in [3.63, 3.8) is 0 Å². The van der Waals surface area contributed by atoms with E-state index in [1.54, 1.807) is 6.26 Å². The molecule has 0 aliphatic carbocycles. The number of phenolic OH excluding ortho intramolecular Hbond substituents is 1. The van der Waals surface area contributed by atoms with E-state index in [0.717, 1.165) is 6.92 Å². The number of thioether (sulfide) groups is 1. The largest absolute Gasteiger partial charge is 0.508 e. The summed E-state index contributed by atoms with van der Waals surface area (Å²) in [6.45, 7) is 3.41. The van der Waals surface area contributed by atoms with E-state index in [1.165, 1.54) is 56.8 Å². The van der Waals surface area contributed by atoms with Crippen LogP contribution in [0.3, 0.4) is 0 Å². The highest BCUT2D eigenvalue weighted by Crippen LogP contribution is 2.11. The van der Waals surface area contributed by atoms with Crippen molar-refractivity contribution in [3.05, 3.63) is 29.8 Å². The number of carboxylic acids is 2. The van der Waals surface area contributed by atoms with E-state index in [-0.39, 0.29) is 30.8 Å². The van der Waals surface area contributed by atoms with Crippen LogP contribution in [-0.4, -0.2) is 170 Å². The molecule has 0 fully saturated rings. The molecule has 1 aromatic rings. The molecule has 0 bridgehead atoms. The summed E-state index contributed by atoms with van der Waals surface area (Å²) >= 11 is 1.25. The number of aliphatic hydroxyl groups excluding tert-OH is 2. The number of hydrogen-bond acceptors (Lipinski definition) is 16. The fourth-order valence-electron chi connectivity index (χ4n) is 5.79. The first-order valence-corrected chi connectivity index (χ1v) is 22.1. The van der Waals surface area contributed by atoms with E-state index < -0.39 is 151 Å². The summed E-state index contributed by atoms with van der Waals surface area (Å²) in [5, 5.41) is 66.7. The Labute approximate surface area is 389 Å². The van der Waals surface area contributed by atoms with Gasteiger partial charge in [-0.2, -0.15) is 11.8 Å². The van der Waals surface area contributed by atoms with E-state index in [4.69, 9.17) is 11.5 Å². The zero-order valence-corrected chi connectivity index (χ0v) is 38.3. The Morgan fingerprint density at radius 3 is 1.72 bits per heavy atom. The van der Waals surface area contributed by atoms with E-state index in [1.807, 2.05) is 0 Å². The smallest absolute Gasteiger partial charge is 0.326 e. The molecule has 0 aromatic heterocycles. The third kappa shape index (κ3) is 21.5. The summed E-state index contributed by atoms with van der Waals surface area (Å²) in [4.78, 5) is 139. The molecule has 1 rings (SSSR count). The first kappa shape index (κ1) is 58.4. The number of phenols is 1. The predicted octanol–water partition coefficient (Wildman–Crippen LogP) is -5.60. The number of carbonyl (C=O) groups excluding carboxylic acids is 9. The molecule has 1 aromatic carbocycles. The van der Waals surface area contributed by atoms with E-state index in [2.05, 4.69) is 42.5 Å². The number of nitrogens with one attached hydrogen (secondary N) is 8. The van der Waals surface area contributed by atoms with Gasteiger partial charge in [0, 0.05) is 6.42 Å². The highest BCUT2D eigenvalue weighted by atomic mass is 32.2. The summed E-state index contributed by atoms with van der Waals surface area (Å²) < 4.78 is 0. The van der Waals surface area contributed by atoms with Crippen LogP contribution in [-0.2, 0) is 59.2 Å². The fourth-order valence-corrected chi connectivity index (χ4v) is 6.26. The van der Waals surface area contributed by atoms with Crippen molar-refractivity contribution in [3.8, 4) is 5.75 Å². The summed E-state index contributed by atoms with van der Waals surface area (Å²) in [6.07, 6.45) is -1.79. The SMILES string of the molecule is CSCC[C@H](NC(=O)[C@@H](NC(=O)CNC(=O)[C@H](CC(=O)O)NC(=O)[C@H](C)NC(=O)[C@@H](N)Cc1ccc(O)cc1)[C@@H](C)O)C(=O)N[C@@H](CO)C(=O)N[C@@H](CCC(N)=O)C(=O)N[C@H](C(=O)O)C(C)C. The van der Waals surface area contributed by atoms with E-state index >= 15 is 0 Å². The molecule has 9 atom stereocenters. The van der Waals surface area contributed by atoms with Crippen molar-refractivity contribution in [2.45, 2.75) is 114 Å². The Bertz CT molecular complexity index is 1920. The standard InChI is InChI=1S/C40H62N10O16S/c1-18(2)31(40(65)66)50-37(62)24(10-11-28(42)54)45-38(63)27(17-51)48-36(61)25(12-13-67-5)46-39(64)32(20(4)52)49-29(55)16-43-35(60)26(15-30(56)57)47-33(58)19(3)44-34(59)23(41)14-21-6-8-22(53)9-7-21/h6-9,18-20,23-27,31-32,51-53H,10-17,41H2,1-5H3,(H2,42,54)(H,43,60)(H,44,59)(H,45,63)(H,46,64)(H,47,58)(H,48,61)(H,49,55)(H,50,62)(H,56,57)(H,65,66)/t19-,20+,23-,24-,25-,26-,27-,31-,32-/m0/s1. The van der Waals surface area contributed by atoms with Crippen LogP contribution in [0.4, 0.5) is 0 Å². The van der Waals surface area contributed by atoms with Crippen LogP contribution in [0.1, 0.15) is 58.9 Å². The summed E-state index contributed by atoms with van der Waals surface area (Å²) in [5.74, 6) is -12.4. The zero-order chi connectivity index (χ0) is 51.1. The number of aromatic hydroxyl groups is 1. The maximum absolute atomic E-state index is 13.5. The molecule has 0 saturated heterocycles. The van der Waals surface area contributed by atoms with Crippen molar-refractivity contribution in [2.24, 2.45) is 17.4 Å². The Morgan fingerprint density at radius 1 is 0.657 bits per heavy atom. The molecule has 0 unspecified atom stereocenters. The number of rotatable bonds is 30. The third-order valence-electron chi connectivity index (χ3n) is 9.60. The number of carbonyl (C=O) groups is 11. The molecule has 0 aliphatic heterocycles. The molecular formula is C40H62N10O16S. The Balaban J connectivity index is 3.02. The molecule has 374 valence electrons. The molecule has 0 radical (unpaired) electrons. The molecule has 67 heavy (non-hydrogen) atoms. The Kier molecular flexibility index (Phi) is 25.4. The minimum Gasteiger partial charge on any atom is -0.508 e. The topological polar surface area (TPSA) is 437 Å². The van der Waals surface area contributed by atoms with Crippen LogP contribution in [0.5, 0.6) is 5.75 Å². The van der Waals surface area contributed by atoms with Gasteiger partial charge < -0.3 is 79.5 Å². The minimum absolute atomic E-state index is 0.00206. The van der Waals surface area contributed by atoms with Crippen LogP contribution < -0.4 is 54.0 Å². The second kappa shape index (κ2) is 29.1. The molecule has 0 heterocycles. The molecule has 17 N–H and O–H groups in total. The fraction of sp³-hybridized carbons (Fsp3) is 0.575. The van der Waals surface area contributed by atoms with Crippen LogP contribution >= 0.6 is 11.8 Å². The third-order valence-corrected chi connectivity index (χ3v) is 10.2.